The molecule has 0 aliphatic heterocycles. The average molecular weight is 280 g/mol. The molecule has 1 aromatic carbocycles. The van der Waals surface area contributed by atoms with Gasteiger partial charge in [-0.1, -0.05) is 25.4 Å². The highest BCUT2D eigenvalue weighted by Gasteiger charge is 2.13. The molecular weight excluding hydrogens is 258 g/mol. The van der Waals surface area contributed by atoms with Crippen LogP contribution in [0.3, 0.4) is 0 Å². The van der Waals surface area contributed by atoms with Gasteiger partial charge in [0, 0.05) is 12.6 Å². The van der Waals surface area contributed by atoms with Crippen LogP contribution in [0.1, 0.15) is 25.8 Å². The van der Waals surface area contributed by atoms with Crippen LogP contribution < -0.4 is 5.32 Å². The fourth-order valence-electron chi connectivity index (χ4n) is 2.11. The third kappa shape index (κ3) is 5.50. The van der Waals surface area contributed by atoms with Crippen LogP contribution in [0.15, 0.2) is 18.2 Å². The zero-order valence-electron chi connectivity index (χ0n) is 12.1. The second-order valence-corrected chi connectivity index (χ2v) is 5.95. The predicted molar refractivity (Wildman–Crippen MR) is 81.6 cm³/mol. The van der Waals surface area contributed by atoms with Crippen molar-refractivity contribution in [1.29, 1.82) is 5.26 Å². The van der Waals surface area contributed by atoms with Gasteiger partial charge in [0.05, 0.1) is 22.3 Å². The van der Waals surface area contributed by atoms with Crippen molar-refractivity contribution in [2.75, 3.05) is 26.0 Å². The second kappa shape index (κ2) is 7.37. The van der Waals surface area contributed by atoms with E-state index >= 15 is 0 Å². The molecule has 0 saturated heterocycles. The molecule has 0 heterocycles. The second-order valence-electron chi connectivity index (χ2n) is 5.54. The SMILES string of the molecule is CC(C)CC(CN(C)C)Nc1ccc(C#N)cc1Cl. The largest absolute Gasteiger partial charge is 0.380 e. The van der Waals surface area contributed by atoms with E-state index in [2.05, 4.69) is 44.2 Å². The predicted octanol–water partition coefficient (Wildman–Crippen LogP) is 3.60. The number of nitrogens with zero attached hydrogens (tertiary/aromatic N) is 2. The van der Waals surface area contributed by atoms with Crippen molar-refractivity contribution < 1.29 is 0 Å². The van der Waals surface area contributed by atoms with E-state index in [1.807, 2.05) is 6.07 Å². The first-order valence-corrected chi connectivity index (χ1v) is 6.91. The Bertz CT molecular complexity index is 439. The Morgan fingerprint density at radius 1 is 1.37 bits per heavy atom. The summed E-state index contributed by atoms with van der Waals surface area (Å²) in [5.74, 6) is 0.620. The normalized spacial score (nSPS) is 12.5. The third-order valence-corrected chi connectivity index (χ3v) is 3.11. The number of hydrogen-bond acceptors (Lipinski definition) is 3. The summed E-state index contributed by atoms with van der Waals surface area (Å²) in [5, 5.41) is 12.9. The summed E-state index contributed by atoms with van der Waals surface area (Å²) in [6.07, 6.45) is 1.08. The molecule has 1 N–H and O–H groups in total. The first-order chi connectivity index (χ1) is 8.92. The Morgan fingerprint density at radius 3 is 2.53 bits per heavy atom. The number of hydrogen-bond donors (Lipinski definition) is 1. The van der Waals surface area contributed by atoms with Gasteiger partial charge in [0.15, 0.2) is 0 Å². The van der Waals surface area contributed by atoms with Crippen molar-refractivity contribution in [3.63, 3.8) is 0 Å². The molecule has 0 aliphatic rings. The Morgan fingerprint density at radius 2 is 2.05 bits per heavy atom. The maximum Gasteiger partial charge on any atom is 0.0992 e. The van der Waals surface area contributed by atoms with Gasteiger partial charge >= 0.3 is 0 Å². The molecule has 19 heavy (non-hydrogen) atoms. The van der Waals surface area contributed by atoms with Crippen LogP contribution in [0.25, 0.3) is 0 Å². The van der Waals surface area contributed by atoms with Crippen LogP contribution in [0.5, 0.6) is 0 Å². The van der Waals surface area contributed by atoms with Crippen LogP contribution >= 0.6 is 11.6 Å². The van der Waals surface area contributed by atoms with E-state index in [0.717, 1.165) is 18.7 Å². The summed E-state index contributed by atoms with van der Waals surface area (Å²) < 4.78 is 0. The minimum atomic E-state index is 0.348. The summed E-state index contributed by atoms with van der Waals surface area (Å²) in [5.41, 5.74) is 1.48. The van der Waals surface area contributed by atoms with Crippen LogP contribution in [0.2, 0.25) is 5.02 Å². The number of nitriles is 1. The standard InChI is InChI=1S/C15H22ClN3/c1-11(2)7-13(10-19(3)4)18-15-6-5-12(9-17)8-14(15)16/h5-6,8,11,13,18H,7,10H2,1-4H3. The number of benzene rings is 1. The summed E-state index contributed by atoms with van der Waals surface area (Å²) >= 11 is 6.20. The minimum Gasteiger partial charge on any atom is -0.380 e. The van der Waals surface area contributed by atoms with Crippen molar-refractivity contribution >= 4 is 17.3 Å². The monoisotopic (exact) mass is 279 g/mol. The highest BCUT2D eigenvalue weighted by Crippen LogP contribution is 2.24. The van der Waals surface area contributed by atoms with E-state index in [4.69, 9.17) is 16.9 Å². The first kappa shape index (κ1) is 15.8. The molecular formula is C15H22ClN3. The summed E-state index contributed by atoms with van der Waals surface area (Å²) in [4.78, 5) is 2.16. The van der Waals surface area contributed by atoms with E-state index in [9.17, 15) is 0 Å². The molecule has 0 fully saturated rings. The molecule has 1 atom stereocenters. The Kier molecular flexibility index (Phi) is 6.14. The Labute approximate surface area is 121 Å². The topological polar surface area (TPSA) is 39.1 Å². The smallest absolute Gasteiger partial charge is 0.0992 e. The quantitative estimate of drug-likeness (QED) is 0.865. The molecule has 0 spiro atoms. The maximum atomic E-state index is 8.84. The fourth-order valence-corrected chi connectivity index (χ4v) is 2.35. The molecule has 1 aromatic rings. The zero-order chi connectivity index (χ0) is 14.4. The van der Waals surface area contributed by atoms with Gasteiger partial charge < -0.3 is 10.2 Å². The molecule has 1 unspecified atom stereocenters. The van der Waals surface area contributed by atoms with Crippen LogP contribution in [0.4, 0.5) is 5.69 Å². The number of halogens is 1. The van der Waals surface area contributed by atoms with Crippen LogP contribution in [0, 0.1) is 17.2 Å². The lowest BCUT2D eigenvalue weighted by Gasteiger charge is -2.25. The molecule has 104 valence electrons. The number of anilines is 1. The summed E-state index contributed by atoms with van der Waals surface area (Å²) in [6.45, 7) is 5.38. The third-order valence-electron chi connectivity index (χ3n) is 2.80. The van der Waals surface area contributed by atoms with Crippen LogP contribution in [-0.4, -0.2) is 31.6 Å². The summed E-state index contributed by atoms with van der Waals surface area (Å²) in [6, 6.07) is 7.81. The van der Waals surface area contributed by atoms with Gasteiger partial charge in [-0.05, 0) is 44.6 Å². The lowest BCUT2D eigenvalue weighted by molar-refractivity contribution is 0.356. The van der Waals surface area contributed by atoms with E-state index < -0.39 is 0 Å². The van der Waals surface area contributed by atoms with Gasteiger partial charge in [-0.3, -0.25) is 0 Å². The molecule has 0 radical (unpaired) electrons. The molecule has 0 aromatic heterocycles. The lowest BCUT2D eigenvalue weighted by atomic mass is 10.0. The highest BCUT2D eigenvalue weighted by atomic mass is 35.5. The van der Waals surface area contributed by atoms with Gasteiger partial charge in [-0.15, -0.1) is 0 Å². The molecule has 1 rings (SSSR count). The van der Waals surface area contributed by atoms with Crippen molar-refractivity contribution in [1.82, 2.24) is 4.90 Å². The van der Waals surface area contributed by atoms with E-state index in [0.29, 0.717) is 22.5 Å². The first-order valence-electron chi connectivity index (χ1n) is 6.53. The summed E-state index contributed by atoms with van der Waals surface area (Å²) in [7, 11) is 4.13. The number of likely N-dealkylation sites (N-methyl/N-ethyl adjacent to an activating group) is 1. The van der Waals surface area contributed by atoms with Crippen molar-refractivity contribution in [3.05, 3.63) is 28.8 Å². The van der Waals surface area contributed by atoms with Gasteiger partial charge in [0.25, 0.3) is 0 Å². The molecule has 4 heteroatoms. The van der Waals surface area contributed by atoms with Gasteiger partial charge in [0.1, 0.15) is 0 Å². The average Bonchev–Trinajstić information content (AvgIpc) is 2.30. The molecule has 0 amide bonds. The van der Waals surface area contributed by atoms with Crippen molar-refractivity contribution in [2.24, 2.45) is 5.92 Å². The van der Waals surface area contributed by atoms with Gasteiger partial charge in [0.2, 0.25) is 0 Å². The Hall–Kier alpha value is -1.24. The minimum absolute atomic E-state index is 0.348. The van der Waals surface area contributed by atoms with Crippen molar-refractivity contribution in [3.8, 4) is 6.07 Å². The van der Waals surface area contributed by atoms with E-state index in [1.165, 1.54) is 0 Å². The molecule has 0 aliphatic carbocycles. The van der Waals surface area contributed by atoms with E-state index in [-0.39, 0.29) is 0 Å². The van der Waals surface area contributed by atoms with Crippen LogP contribution in [-0.2, 0) is 0 Å². The maximum absolute atomic E-state index is 8.84. The molecule has 3 nitrogen and oxygen atoms in total. The number of rotatable bonds is 6. The van der Waals surface area contributed by atoms with Crippen molar-refractivity contribution in [2.45, 2.75) is 26.3 Å². The zero-order valence-corrected chi connectivity index (χ0v) is 12.8. The molecule has 0 bridgehead atoms. The van der Waals surface area contributed by atoms with Gasteiger partial charge in [-0.25, -0.2) is 0 Å². The number of nitrogens with one attached hydrogen (secondary N) is 1. The molecule has 0 saturated carbocycles. The van der Waals surface area contributed by atoms with Gasteiger partial charge in [-0.2, -0.15) is 5.26 Å². The van der Waals surface area contributed by atoms with E-state index in [1.54, 1.807) is 12.1 Å². The Balaban J connectivity index is 2.81. The lowest BCUT2D eigenvalue weighted by Crippen LogP contribution is -2.33. The highest BCUT2D eigenvalue weighted by molar-refractivity contribution is 6.33. The fraction of sp³-hybridized carbons (Fsp3) is 0.533.